The van der Waals surface area contributed by atoms with Gasteiger partial charge in [-0.05, 0) is 24.6 Å². The summed E-state index contributed by atoms with van der Waals surface area (Å²) in [7, 11) is 0. The summed E-state index contributed by atoms with van der Waals surface area (Å²) in [6.07, 6.45) is 1.08. The molecular weight excluding hydrogens is 262 g/mol. The molecule has 0 fully saturated rings. The first-order valence-corrected chi connectivity index (χ1v) is 7.17. The van der Waals surface area contributed by atoms with Gasteiger partial charge in [-0.25, -0.2) is 4.98 Å². The first-order chi connectivity index (χ1) is 9.10. The number of fused-ring (bicyclic) bond motifs is 1. The average molecular weight is 279 g/mol. The number of aromatic nitrogens is 1. The molecule has 0 amide bonds. The van der Waals surface area contributed by atoms with Crippen molar-refractivity contribution in [2.45, 2.75) is 32.6 Å². The molecule has 4 nitrogen and oxygen atoms in total. The molecule has 1 atom stereocenters. The smallest absolute Gasteiger partial charge is 0.306 e. The SMILES string of the molecule is CCC(C)c1nc2ccc(OCCC(=O)O)cc2s1. The van der Waals surface area contributed by atoms with Crippen LogP contribution < -0.4 is 4.74 Å². The Balaban J connectivity index is 2.13. The predicted molar refractivity (Wildman–Crippen MR) is 76.1 cm³/mol. The number of thiazole rings is 1. The fraction of sp³-hybridized carbons (Fsp3) is 0.429. The summed E-state index contributed by atoms with van der Waals surface area (Å²) in [4.78, 5) is 15.0. The topological polar surface area (TPSA) is 59.4 Å². The van der Waals surface area contributed by atoms with Gasteiger partial charge in [0.15, 0.2) is 0 Å². The zero-order chi connectivity index (χ0) is 13.8. The quantitative estimate of drug-likeness (QED) is 0.876. The van der Waals surface area contributed by atoms with E-state index in [0.717, 1.165) is 21.6 Å². The summed E-state index contributed by atoms with van der Waals surface area (Å²) in [6.45, 7) is 4.51. The molecule has 1 unspecified atom stereocenters. The molecule has 1 N–H and O–H groups in total. The van der Waals surface area contributed by atoms with Crippen molar-refractivity contribution in [2.24, 2.45) is 0 Å². The maximum absolute atomic E-state index is 10.4. The molecule has 1 heterocycles. The Morgan fingerprint density at radius 3 is 3.00 bits per heavy atom. The maximum Gasteiger partial charge on any atom is 0.306 e. The third-order valence-electron chi connectivity index (χ3n) is 3.00. The van der Waals surface area contributed by atoms with E-state index < -0.39 is 5.97 Å². The Morgan fingerprint density at radius 1 is 1.53 bits per heavy atom. The highest BCUT2D eigenvalue weighted by Crippen LogP contribution is 2.31. The standard InChI is InChI=1S/C14H17NO3S/c1-3-9(2)14-15-11-5-4-10(8-12(11)19-14)18-7-6-13(16)17/h4-5,8-9H,3,6-7H2,1-2H3,(H,16,17). The number of nitrogens with zero attached hydrogens (tertiary/aromatic N) is 1. The molecule has 1 aromatic heterocycles. The fourth-order valence-corrected chi connectivity index (χ4v) is 2.78. The van der Waals surface area contributed by atoms with E-state index in [-0.39, 0.29) is 13.0 Å². The van der Waals surface area contributed by atoms with Gasteiger partial charge in [0.25, 0.3) is 0 Å². The lowest BCUT2D eigenvalue weighted by Gasteiger charge is -2.03. The Hall–Kier alpha value is -1.62. The van der Waals surface area contributed by atoms with Gasteiger partial charge in [-0.2, -0.15) is 0 Å². The summed E-state index contributed by atoms with van der Waals surface area (Å²) in [5.41, 5.74) is 0.978. The number of hydrogen-bond acceptors (Lipinski definition) is 4. The van der Waals surface area contributed by atoms with Crippen LogP contribution in [0.15, 0.2) is 18.2 Å². The van der Waals surface area contributed by atoms with Crippen molar-refractivity contribution in [3.63, 3.8) is 0 Å². The van der Waals surface area contributed by atoms with Crippen LogP contribution in [0.25, 0.3) is 10.2 Å². The molecule has 2 aromatic rings. The van der Waals surface area contributed by atoms with E-state index in [0.29, 0.717) is 11.7 Å². The van der Waals surface area contributed by atoms with Gasteiger partial charge in [-0.15, -0.1) is 11.3 Å². The van der Waals surface area contributed by atoms with Crippen LogP contribution in [0.1, 0.15) is 37.6 Å². The van der Waals surface area contributed by atoms with E-state index in [1.54, 1.807) is 11.3 Å². The number of hydrogen-bond donors (Lipinski definition) is 1. The van der Waals surface area contributed by atoms with Gasteiger partial charge in [0.05, 0.1) is 28.3 Å². The second-order valence-corrected chi connectivity index (χ2v) is 5.55. The molecule has 0 saturated carbocycles. The van der Waals surface area contributed by atoms with E-state index >= 15 is 0 Å². The van der Waals surface area contributed by atoms with Crippen molar-refractivity contribution < 1.29 is 14.6 Å². The Bertz CT molecular complexity index is 579. The van der Waals surface area contributed by atoms with Crippen LogP contribution in [0.5, 0.6) is 5.75 Å². The first-order valence-electron chi connectivity index (χ1n) is 6.35. The van der Waals surface area contributed by atoms with E-state index in [9.17, 15) is 4.79 Å². The monoisotopic (exact) mass is 279 g/mol. The van der Waals surface area contributed by atoms with Gasteiger partial charge in [0, 0.05) is 5.92 Å². The second kappa shape index (κ2) is 6.02. The van der Waals surface area contributed by atoms with Crippen molar-refractivity contribution in [2.75, 3.05) is 6.61 Å². The van der Waals surface area contributed by atoms with Gasteiger partial charge >= 0.3 is 5.97 Å². The van der Waals surface area contributed by atoms with E-state index in [2.05, 4.69) is 18.8 Å². The lowest BCUT2D eigenvalue weighted by atomic mass is 10.1. The highest BCUT2D eigenvalue weighted by atomic mass is 32.1. The lowest BCUT2D eigenvalue weighted by Crippen LogP contribution is -2.04. The zero-order valence-electron chi connectivity index (χ0n) is 11.0. The van der Waals surface area contributed by atoms with Crippen LogP contribution in [0.4, 0.5) is 0 Å². The summed E-state index contributed by atoms with van der Waals surface area (Å²) in [5, 5.41) is 9.71. The average Bonchev–Trinajstić information content (AvgIpc) is 2.80. The number of rotatable bonds is 6. The van der Waals surface area contributed by atoms with Crippen molar-refractivity contribution in [1.82, 2.24) is 4.98 Å². The van der Waals surface area contributed by atoms with Gasteiger partial charge in [-0.3, -0.25) is 4.79 Å². The van der Waals surface area contributed by atoms with Crippen LogP contribution in [0.2, 0.25) is 0 Å². The van der Waals surface area contributed by atoms with Crippen molar-refractivity contribution in [3.05, 3.63) is 23.2 Å². The molecule has 102 valence electrons. The molecular formula is C14H17NO3S. The predicted octanol–water partition coefficient (Wildman–Crippen LogP) is 3.66. The van der Waals surface area contributed by atoms with Crippen LogP contribution in [-0.2, 0) is 4.79 Å². The zero-order valence-corrected chi connectivity index (χ0v) is 11.9. The Kier molecular flexibility index (Phi) is 4.37. The fourth-order valence-electron chi connectivity index (χ4n) is 1.65. The molecule has 2 rings (SSSR count). The van der Waals surface area contributed by atoms with Crippen LogP contribution in [0.3, 0.4) is 0 Å². The summed E-state index contributed by atoms with van der Waals surface area (Å²) in [5.74, 6) is 0.319. The number of carbonyl (C=O) groups is 1. The molecule has 0 aliphatic heterocycles. The van der Waals surface area contributed by atoms with E-state index in [4.69, 9.17) is 9.84 Å². The minimum Gasteiger partial charge on any atom is -0.493 e. The molecule has 5 heteroatoms. The third kappa shape index (κ3) is 3.44. The van der Waals surface area contributed by atoms with Gasteiger partial charge < -0.3 is 9.84 Å². The maximum atomic E-state index is 10.4. The minimum atomic E-state index is -0.849. The minimum absolute atomic E-state index is 0.0127. The second-order valence-electron chi connectivity index (χ2n) is 4.48. The summed E-state index contributed by atoms with van der Waals surface area (Å²) < 4.78 is 6.51. The number of benzene rings is 1. The van der Waals surface area contributed by atoms with Crippen molar-refractivity contribution in [1.29, 1.82) is 0 Å². The number of aliphatic carboxylic acids is 1. The molecule has 0 aliphatic carbocycles. The van der Waals surface area contributed by atoms with Crippen molar-refractivity contribution in [3.8, 4) is 5.75 Å². The number of carboxylic acid groups (broad SMARTS) is 1. The lowest BCUT2D eigenvalue weighted by molar-refractivity contribution is -0.137. The van der Waals surface area contributed by atoms with E-state index in [1.807, 2.05) is 18.2 Å². The van der Waals surface area contributed by atoms with Gasteiger partial charge in [0.2, 0.25) is 0 Å². The number of carboxylic acids is 1. The Labute approximate surface area is 116 Å². The highest BCUT2D eigenvalue weighted by molar-refractivity contribution is 7.18. The molecule has 0 radical (unpaired) electrons. The highest BCUT2D eigenvalue weighted by Gasteiger charge is 2.10. The van der Waals surface area contributed by atoms with Crippen LogP contribution in [-0.4, -0.2) is 22.7 Å². The molecule has 0 spiro atoms. The van der Waals surface area contributed by atoms with Crippen LogP contribution in [0, 0.1) is 0 Å². The molecule has 0 aliphatic rings. The van der Waals surface area contributed by atoms with Gasteiger partial charge in [0.1, 0.15) is 5.75 Å². The largest absolute Gasteiger partial charge is 0.493 e. The van der Waals surface area contributed by atoms with Crippen molar-refractivity contribution >= 4 is 27.5 Å². The molecule has 1 aromatic carbocycles. The molecule has 0 bridgehead atoms. The summed E-state index contributed by atoms with van der Waals surface area (Å²) >= 11 is 1.68. The van der Waals surface area contributed by atoms with E-state index in [1.165, 1.54) is 0 Å². The van der Waals surface area contributed by atoms with Crippen LogP contribution >= 0.6 is 11.3 Å². The normalized spacial score (nSPS) is 12.5. The molecule has 19 heavy (non-hydrogen) atoms. The summed E-state index contributed by atoms with van der Waals surface area (Å²) in [6, 6.07) is 5.69. The number of ether oxygens (including phenoxy) is 1. The molecule has 0 saturated heterocycles. The first kappa shape index (κ1) is 13.8. The Morgan fingerprint density at radius 2 is 2.32 bits per heavy atom. The third-order valence-corrected chi connectivity index (χ3v) is 4.24. The van der Waals surface area contributed by atoms with Gasteiger partial charge in [-0.1, -0.05) is 13.8 Å².